The number of aliphatic carboxylic acids is 1. The van der Waals surface area contributed by atoms with E-state index in [1.165, 1.54) is 12.0 Å². The Morgan fingerprint density at radius 2 is 2.15 bits per heavy atom. The number of H-pyrrole nitrogens is 1. The molecule has 0 saturated carbocycles. The van der Waals surface area contributed by atoms with Crippen LogP contribution < -0.4 is 5.73 Å². The first kappa shape index (κ1) is 14.6. The van der Waals surface area contributed by atoms with Gasteiger partial charge in [0.2, 0.25) is 0 Å². The van der Waals surface area contributed by atoms with E-state index in [2.05, 4.69) is 37.0 Å². The van der Waals surface area contributed by atoms with Crippen molar-refractivity contribution in [1.82, 2.24) is 4.98 Å². The van der Waals surface area contributed by atoms with Crippen LogP contribution in [0.1, 0.15) is 31.4 Å². The third kappa shape index (κ3) is 3.39. The molecule has 0 radical (unpaired) electrons. The molecule has 2 rings (SSSR count). The van der Waals surface area contributed by atoms with Gasteiger partial charge in [0, 0.05) is 23.5 Å². The summed E-state index contributed by atoms with van der Waals surface area (Å²) in [5, 5.41) is 9.95. The standard InChI is InChI=1S/C16H22N2O2/c1-10(2)3-4-11-5-6-13-12(8-14(17)16(19)20)9-18-15(13)7-11/h5-7,9-10,14,18H,3-4,8,17H2,1-2H3,(H,19,20)/t14-/m0/s1. The predicted octanol–water partition coefficient (Wildman–Crippen LogP) is 2.71. The number of aromatic nitrogens is 1. The third-order valence-corrected chi connectivity index (χ3v) is 3.60. The molecule has 20 heavy (non-hydrogen) atoms. The van der Waals surface area contributed by atoms with Gasteiger partial charge in [0.25, 0.3) is 0 Å². The summed E-state index contributed by atoms with van der Waals surface area (Å²) in [6.07, 6.45) is 4.44. The van der Waals surface area contributed by atoms with Crippen molar-refractivity contribution in [1.29, 1.82) is 0 Å². The molecule has 0 fully saturated rings. The highest BCUT2D eigenvalue weighted by molar-refractivity contribution is 5.85. The van der Waals surface area contributed by atoms with Gasteiger partial charge in [0.15, 0.2) is 0 Å². The van der Waals surface area contributed by atoms with Crippen LogP contribution in [0.3, 0.4) is 0 Å². The van der Waals surface area contributed by atoms with Crippen LogP contribution in [0.2, 0.25) is 0 Å². The smallest absolute Gasteiger partial charge is 0.320 e. The summed E-state index contributed by atoms with van der Waals surface area (Å²) in [4.78, 5) is 14.0. The van der Waals surface area contributed by atoms with Crippen LogP contribution in [0, 0.1) is 5.92 Å². The van der Waals surface area contributed by atoms with Gasteiger partial charge in [-0.1, -0.05) is 26.0 Å². The first-order valence-electron chi connectivity index (χ1n) is 7.04. The first-order chi connectivity index (χ1) is 9.47. The Kier molecular flexibility index (Phi) is 4.45. The summed E-state index contributed by atoms with van der Waals surface area (Å²) in [6.45, 7) is 4.44. The zero-order chi connectivity index (χ0) is 14.7. The maximum absolute atomic E-state index is 10.8. The lowest BCUT2D eigenvalue weighted by Gasteiger charge is -2.06. The minimum Gasteiger partial charge on any atom is -0.480 e. The fourth-order valence-electron chi connectivity index (χ4n) is 2.34. The molecule has 0 saturated heterocycles. The van der Waals surface area contributed by atoms with Crippen molar-refractivity contribution < 1.29 is 9.90 Å². The highest BCUT2D eigenvalue weighted by atomic mass is 16.4. The van der Waals surface area contributed by atoms with E-state index in [9.17, 15) is 4.79 Å². The molecule has 0 aliphatic rings. The molecular weight excluding hydrogens is 252 g/mol. The van der Waals surface area contributed by atoms with Gasteiger partial charge >= 0.3 is 5.97 Å². The van der Waals surface area contributed by atoms with Crippen molar-refractivity contribution in [3.8, 4) is 0 Å². The number of aromatic amines is 1. The molecule has 0 spiro atoms. The number of carboxylic acid groups (broad SMARTS) is 1. The zero-order valence-corrected chi connectivity index (χ0v) is 12.0. The van der Waals surface area contributed by atoms with E-state index in [0.717, 1.165) is 22.9 Å². The van der Waals surface area contributed by atoms with Crippen LogP contribution in [0.4, 0.5) is 0 Å². The fraction of sp³-hybridized carbons (Fsp3) is 0.438. The molecule has 1 heterocycles. The van der Waals surface area contributed by atoms with E-state index in [0.29, 0.717) is 12.3 Å². The van der Waals surface area contributed by atoms with Crippen molar-refractivity contribution in [3.05, 3.63) is 35.5 Å². The Labute approximate surface area is 119 Å². The van der Waals surface area contributed by atoms with Crippen molar-refractivity contribution in [3.63, 3.8) is 0 Å². The summed E-state index contributed by atoms with van der Waals surface area (Å²) in [7, 11) is 0. The molecule has 1 aromatic heterocycles. The number of carbonyl (C=O) groups is 1. The van der Waals surface area contributed by atoms with Crippen molar-refractivity contribution in [2.75, 3.05) is 0 Å². The van der Waals surface area contributed by atoms with Gasteiger partial charge in [-0.3, -0.25) is 4.79 Å². The number of nitrogens with two attached hydrogens (primary N) is 1. The molecular formula is C16H22N2O2. The highest BCUT2D eigenvalue weighted by Gasteiger charge is 2.14. The Balaban J connectivity index is 2.18. The number of carboxylic acids is 1. The Morgan fingerprint density at radius 1 is 1.40 bits per heavy atom. The maximum Gasteiger partial charge on any atom is 0.320 e. The van der Waals surface area contributed by atoms with E-state index < -0.39 is 12.0 Å². The van der Waals surface area contributed by atoms with Gasteiger partial charge in [-0.05, 0) is 36.0 Å². The molecule has 0 aliphatic carbocycles. The molecule has 4 N–H and O–H groups in total. The van der Waals surface area contributed by atoms with Gasteiger partial charge < -0.3 is 15.8 Å². The molecule has 4 nitrogen and oxygen atoms in total. The quantitative estimate of drug-likeness (QED) is 0.757. The highest BCUT2D eigenvalue weighted by Crippen LogP contribution is 2.22. The van der Waals surface area contributed by atoms with Crippen molar-refractivity contribution in [2.24, 2.45) is 11.7 Å². The molecule has 1 atom stereocenters. The lowest BCUT2D eigenvalue weighted by Crippen LogP contribution is -2.32. The fourth-order valence-corrected chi connectivity index (χ4v) is 2.34. The van der Waals surface area contributed by atoms with E-state index in [1.807, 2.05) is 6.20 Å². The van der Waals surface area contributed by atoms with Gasteiger partial charge in [-0.25, -0.2) is 0 Å². The Hall–Kier alpha value is -1.81. The topological polar surface area (TPSA) is 79.1 Å². The maximum atomic E-state index is 10.8. The van der Waals surface area contributed by atoms with Gasteiger partial charge in [-0.15, -0.1) is 0 Å². The monoisotopic (exact) mass is 274 g/mol. The van der Waals surface area contributed by atoms with Crippen molar-refractivity contribution in [2.45, 2.75) is 39.2 Å². The molecule has 2 aromatic rings. The second-order valence-electron chi connectivity index (χ2n) is 5.78. The summed E-state index contributed by atoms with van der Waals surface area (Å²) >= 11 is 0. The van der Waals surface area contributed by atoms with Gasteiger partial charge in [-0.2, -0.15) is 0 Å². The SMILES string of the molecule is CC(C)CCc1ccc2c(C[C@H](N)C(=O)O)c[nH]c2c1. The molecule has 0 aliphatic heterocycles. The Morgan fingerprint density at radius 3 is 2.80 bits per heavy atom. The number of fused-ring (bicyclic) bond motifs is 1. The number of hydrogen-bond donors (Lipinski definition) is 3. The third-order valence-electron chi connectivity index (χ3n) is 3.60. The minimum atomic E-state index is -0.965. The van der Waals surface area contributed by atoms with Crippen LogP contribution in [0.15, 0.2) is 24.4 Å². The average molecular weight is 274 g/mol. The van der Waals surface area contributed by atoms with Gasteiger partial charge in [0.1, 0.15) is 6.04 Å². The second-order valence-corrected chi connectivity index (χ2v) is 5.78. The molecule has 0 bridgehead atoms. The largest absolute Gasteiger partial charge is 0.480 e. The molecule has 4 heteroatoms. The lowest BCUT2D eigenvalue weighted by atomic mass is 10.00. The number of hydrogen-bond acceptors (Lipinski definition) is 2. The van der Waals surface area contributed by atoms with Crippen LogP contribution in [-0.2, 0) is 17.6 Å². The minimum absolute atomic E-state index is 0.348. The second kappa shape index (κ2) is 6.09. The zero-order valence-electron chi connectivity index (χ0n) is 12.0. The summed E-state index contributed by atoms with van der Waals surface area (Å²) in [5.41, 5.74) is 8.92. The van der Waals surface area contributed by atoms with E-state index in [-0.39, 0.29) is 0 Å². The number of benzene rings is 1. The average Bonchev–Trinajstić information content (AvgIpc) is 2.78. The molecule has 1 aromatic carbocycles. The van der Waals surface area contributed by atoms with Crippen LogP contribution in [-0.4, -0.2) is 22.1 Å². The summed E-state index contributed by atoms with van der Waals surface area (Å²) in [5.74, 6) is -0.272. The van der Waals surface area contributed by atoms with E-state index >= 15 is 0 Å². The first-order valence-corrected chi connectivity index (χ1v) is 7.04. The van der Waals surface area contributed by atoms with Gasteiger partial charge in [0.05, 0.1) is 0 Å². The lowest BCUT2D eigenvalue weighted by molar-refractivity contribution is -0.138. The summed E-state index contributed by atoms with van der Waals surface area (Å²) in [6, 6.07) is 5.47. The number of nitrogens with one attached hydrogen (secondary N) is 1. The molecule has 0 amide bonds. The molecule has 108 valence electrons. The molecule has 0 unspecified atom stereocenters. The van der Waals surface area contributed by atoms with Crippen LogP contribution in [0.25, 0.3) is 10.9 Å². The van der Waals surface area contributed by atoms with Crippen LogP contribution >= 0.6 is 0 Å². The van der Waals surface area contributed by atoms with E-state index in [4.69, 9.17) is 10.8 Å². The summed E-state index contributed by atoms with van der Waals surface area (Å²) < 4.78 is 0. The van der Waals surface area contributed by atoms with E-state index in [1.54, 1.807) is 0 Å². The number of rotatable bonds is 6. The van der Waals surface area contributed by atoms with Crippen molar-refractivity contribution >= 4 is 16.9 Å². The van der Waals surface area contributed by atoms with Crippen LogP contribution in [0.5, 0.6) is 0 Å². The Bertz CT molecular complexity index is 602. The normalized spacial score (nSPS) is 13.0. The predicted molar refractivity (Wildman–Crippen MR) is 80.8 cm³/mol. The number of aryl methyl sites for hydroxylation is 1.